The molecule has 0 aliphatic rings. The predicted octanol–water partition coefficient (Wildman–Crippen LogP) is 4.11. The van der Waals surface area contributed by atoms with Gasteiger partial charge in [0.25, 0.3) is 5.91 Å². The van der Waals surface area contributed by atoms with Crippen LogP contribution in [0.5, 0.6) is 0 Å². The zero-order chi connectivity index (χ0) is 14.7. The summed E-state index contributed by atoms with van der Waals surface area (Å²) in [6, 6.07) is 11.2. The van der Waals surface area contributed by atoms with Crippen molar-refractivity contribution in [3.8, 4) is 22.2 Å². The van der Waals surface area contributed by atoms with E-state index in [2.05, 4.69) is 16.2 Å². The Hall–Kier alpha value is -2.42. The van der Waals surface area contributed by atoms with Gasteiger partial charge in [0.05, 0.1) is 11.1 Å². The van der Waals surface area contributed by atoms with E-state index < -0.39 is 0 Å². The number of carbonyl (C=O) groups is 1. The lowest BCUT2D eigenvalue weighted by atomic mass is 10.2. The van der Waals surface area contributed by atoms with Crippen molar-refractivity contribution in [2.45, 2.75) is 0 Å². The third kappa shape index (κ3) is 3.02. The number of rotatable bonds is 3. The maximum Gasteiger partial charge on any atom is 0.267 e. The third-order valence-electron chi connectivity index (χ3n) is 2.75. The fourth-order valence-electron chi connectivity index (χ4n) is 1.77. The highest BCUT2D eigenvalue weighted by atomic mass is 32.1. The van der Waals surface area contributed by atoms with Gasteiger partial charge >= 0.3 is 0 Å². The van der Waals surface area contributed by atoms with Crippen molar-refractivity contribution in [3.05, 3.63) is 58.4 Å². The lowest BCUT2D eigenvalue weighted by Gasteiger charge is -2.03. The molecule has 0 aliphatic heterocycles. The van der Waals surface area contributed by atoms with Gasteiger partial charge in [-0.2, -0.15) is 0 Å². The van der Waals surface area contributed by atoms with Gasteiger partial charge in [0.15, 0.2) is 0 Å². The quantitative estimate of drug-likeness (QED) is 0.740. The maximum atomic E-state index is 12.2. The Bertz CT molecular complexity index is 813. The monoisotopic (exact) mass is 310 g/mol. The number of anilines is 1. The maximum absolute atomic E-state index is 12.2. The Kier molecular flexibility index (Phi) is 3.82. The topological polar surface area (TPSA) is 42.0 Å². The largest absolute Gasteiger partial charge is 0.321 e. The molecule has 0 aliphatic carbocycles. The van der Waals surface area contributed by atoms with E-state index in [-0.39, 0.29) is 5.91 Å². The number of hydrogen-bond donors (Lipinski definition) is 1. The molecular formula is C16H10N2OS2. The van der Waals surface area contributed by atoms with E-state index in [1.165, 1.54) is 11.3 Å². The summed E-state index contributed by atoms with van der Waals surface area (Å²) in [7, 11) is 0. The van der Waals surface area contributed by atoms with Crippen LogP contribution in [0, 0.1) is 12.3 Å². The number of thiazole rings is 1. The first-order chi connectivity index (χ1) is 10.3. The predicted molar refractivity (Wildman–Crippen MR) is 87.8 cm³/mol. The minimum atomic E-state index is -0.176. The molecule has 3 rings (SSSR count). The second-order valence-electron chi connectivity index (χ2n) is 4.19. The van der Waals surface area contributed by atoms with Gasteiger partial charge in [-0.3, -0.25) is 4.79 Å². The van der Waals surface area contributed by atoms with E-state index in [0.29, 0.717) is 10.6 Å². The van der Waals surface area contributed by atoms with E-state index >= 15 is 0 Å². The molecular weight excluding hydrogens is 300 g/mol. The van der Waals surface area contributed by atoms with Crippen LogP contribution in [-0.2, 0) is 0 Å². The highest BCUT2D eigenvalue weighted by Crippen LogP contribution is 2.29. The van der Waals surface area contributed by atoms with Crippen LogP contribution in [0.3, 0.4) is 0 Å². The van der Waals surface area contributed by atoms with Crippen LogP contribution in [0.1, 0.15) is 15.2 Å². The zero-order valence-corrected chi connectivity index (χ0v) is 12.5. The van der Waals surface area contributed by atoms with Crippen molar-refractivity contribution in [2.24, 2.45) is 0 Å². The Morgan fingerprint density at radius 2 is 2.19 bits per heavy atom. The van der Waals surface area contributed by atoms with E-state index in [4.69, 9.17) is 6.42 Å². The molecule has 3 aromatic rings. The summed E-state index contributed by atoms with van der Waals surface area (Å²) in [4.78, 5) is 18.1. The molecule has 5 heteroatoms. The fraction of sp³-hybridized carbons (Fsp3) is 0. The number of thiophene rings is 1. The molecule has 102 valence electrons. The first-order valence-corrected chi connectivity index (χ1v) is 7.83. The number of carbonyl (C=O) groups excluding carboxylic acids is 1. The Balaban J connectivity index is 1.78. The minimum Gasteiger partial charge on any atom is -0.321 e. The molecule has 0 radical (unpaired) electrons. The summed E-state index contributed by atoms with van der Waals surface area (Å²) in [5, 5.41) is 5.67. The Labute approximate surface area is 130 Å². The summed E-state index contributed by atoms with van der Waals surface area (Å²) >= 11 is 2.98. The lowest BCUT2D eigenvalue weighted by molar-refractivity contribution is 0.103. The van der Waals surface area contributed by atoms with E-state index in [9.17, 15) is 4.79 Å². The van der Waals surface area contributed by atoms with E-state index in [1.807, 2.05) is 29.6 Å². The molecule has 2 aromatic heterocycles. The molecule has 0 saturated heterocycles. The number of terminal acetylenes is 1. The van der Waals surface area contributed by atoms with Crippen molar-refractivity contribution < 1.29 is 4.79 Å². The summed E-state index contributed by atoms with van der Waals surface area (Å²) < 4.78 is 0. The molecule has 1 amide bonds. The first kappa shape index (κ1) is 13.6. The lowest BCUT2D eigenvalue weighted by Crippen LogP contribution is -2.10. The van der Waals surface area contributed by atoms with Crippen LogP contribution in [0.4, 0.5) is 5.69 Å². The van der Waals surface area contributed by atoms with Crippen molar-refractivity contribution in [3.63, 3.8) is 0 Å². The average Bonchev–Trinajstić information content (AvgIpc) is 3.18. The summed E-state index contributed by atoms with van der Waals surface area (Å²) in [5.41, 5.74) is 1.41. The van der Waals surface area contributed by atoms with Gasteiger partial charge < -0.3 is 5.32 Å². The highest BCUT2D eigenvalue weighted by Gasteiger charge is 2.12. The molecule has 0 atom stereocenters. The summed E-state index contributed by atoms with van der Waals surface area (Å²) in [6.45, 7) is 0. The van der Waals surface area contributed by atoms with Gasteiger partial charge in [0.1, 0.15) is 9.88 Å². The molecule has 0 saturated carbocycles. The smallest absolute Gasteiger partial charge is 0.267 e. The SMILES string of the molecule is C#Cc1cccc(NC(=O)c2cnc(-c3cccs3)s2)c1. The Morgan fingerprint density at radius 3 is 2.95 bits per heavy atom. The molecule has 2 heterocycles. The molecule has 0 bridgehead atoms. The van der Waals surface area contributed by atoms with Gasteiger partial charge in [0.2, 0.25) is 0 Å². The molecule has 0 unspecified atom stereocenters. The number of nitrogens with one attached hydrogen (secondary N) is 1. The van der Waals surface area contributed by atoms with Crippen LogP contribution in [-0.4, -0.2) is 10.9 Å². The van der Waals surface area contributed by atoms with Crippen molar-refractivity contribution >= 4 is 34.3 Å². The van der Waals surface area contributed by atoms with Crippen LogP contribution in [0.15, 0.2) is 48.0 Å². The van der Waals surface area contributed by atoms with E-state index in [1.54, 1.807) is 29.7 Å². The number of aromatic nitrogens is 1. The summed E-state index contributed by atoms with van der Waals surface area (Å²) in [5.74, 6) is 2.37. The molecule has 0 fully saturated rings. The second-order valence-corrected chi connectivity index (χ2v) is 6.16. The van der Waals surface area contributed by atoms with Crippen LogP contribution < -0.4 is 5.32 Å². The molecule has 1 aromatic carbocycles. The average molecular weight is 310 g/mol. The molecule has 3 nitrogen and oxygen atoms in total. The van der Waals surface area contributed by atoms with Gasteiger partial charge in [-0.1, -0.05) is 18.1 Å². The Morgan fingerprint density at radius 1 is 1.29 bits per heavy atom. The zero-order valence-electron chi connectivity index (χ0n) is 10.9. The van der Waals surface area contributed by atoms with Crippen LogP contribution in [0.25, 0.3) is 9.88 Å². The van der Waals surface area contributed by atoms with Gasteiger partial charge in [0, 0.05) is 11.3 Å². The van der Waals surface area contributed by atoms with Gasteiger partial charge in [-0.05, 0) is 29.6 Å². The van der Waals surface area contributed by atoms with Crippen molar-refractivity contribution in [1.29, 1.82) is 0 Å². The molecule has 21 heavy (non-hydrogen) atoms. The highest BCUT2D eigenvalue weighted by molar-refractivity contribution is 7.22. The standard InChI is InChI=1S/C16H10N2OS2/c1-2-11-5-3-6-12(9-11)18-15(19)14-10-17-16(21-14)13-7-4-8-20-13/h1,3-10H,(H,18,19). The molecule has 1 N–H and O–H groups in total. The molecule has 0 spiro atoms. The number of benzene rings is 1. The van der Waals surface area contributed by atoms with Crippen LogP contribution >= 0.6 is 22.7 Å². The van der Waals surface area contributed by atoms with Gasteiger partial charge in [-0.25, -0.2) is 4.98 Å². The van der Waals surface area contributed by atoms with Crippen molar-refractivity contribution in [2.75, 3.05) is 5.32 Å². The minimum absolute atomic E-state index is 0.176. The van der Waals surface area contributed by atoms with Gasteiger partial charge in [-0.15, -0.1) is 29.1 Å². The third-order valence-corrected chi connectivity index (χ3v) is 4.78. The van der Waals surface area contributed by atoms with Crippen LogP contribution in [0.2, 0.25) is 0 Å². The summed E-state index contributed by atoms with van der Waals surface area (Å²) in [6.07, 6.45) is 6.95. The second kappa shape index (κ2) is 5.92. The number of amides is 1. The normalized spacial score (nSPS) is 10.0. The number of hydrogen-bond acceptors (Lipinski definition) is 4. The van der Waals surface area contributed by atoms with Crippen molar-refractivity contribution in [1.82, 2.24) is 4.98 Å². The van der Waals surface area contributed by atoms with E-state index in [0.717, 1.165) is 15.4 Å². The fourth-order valence-corrected chi connectivity index (χ4v) is 3.39. The first-order valence-electron chi connectivity index (χ1n) is 6.14. The number of nitrogens with zero attached hydrogens (tertiary/aromatic N) is 1.